The molecule has 0 amide bonds. The van der Waals surface area contributed by atoms with Crippen molar-refractivity contribution in [2.24, 2.45) is 0 Å². The molecule has 3 aromatic rings. The molecule has 158 valence electrons. The molecule has 1 spiro atoms. The smallest absolute Gasteiger partial charge is 0.170 e. The van der Waals surface area contributed by atoms with Crippen LogP contribution in [0.5, 0.6) is 5.75 Å². The van der Waals surface area contributed by atoms with Crippen molar-refractivity contribution in [3.8, 4) is 17.0 Å². The Labute approximate surface area is 184 Å². The van der Waals surface area contributed by atoms with Gasteiger partial charge in [0.15, 0.2) is 11.6 Å². The Hall–Kier alpha value is -2.99. The van der Waals surface area contributed by atoms with Gasteiger partial charge < -0.3 is 9.64 Å². The van der Waals surface area contributed by atoms with Crippen molar-refractivity contribution in [3.63, 3.8) is 0 Å². The van der Waals surface area contributed by atoms with E-state index in [1.54, 1.807) is 18.2 Å². The van der Waals surface area contributed by atoms with Crippen LogP contribution in [0.15, 0.2) is 48.5 Å². The molecule has 0 aliphatic carbocycles. The molecule has 2 aliphatic rings. The molecular weight excluding hydrogens is 417 g/mol. The first kappa shape index (κ1) is 19.9. The molecule has 1 aromatic heterocycles. The van der Waals surface area contributed by atoms with E-state index < -0.39 is 5.60 Å². The fourth-order valence-corrected chi connectivity index (χ4v) is 4.47. The van der Waals surface area contributed by atoms with Crippen LogP contribution in [0.1, 0.15) is 35.2 Å². The highest BCUT2D eigenvalue weighted by Gasteiger charge is 2.43. The number of aromatic nitrogens is 2. The fourth-order valence-electron chi connectivity index (χ4n) is 4.31. The number of fused-ring (bicyclic) bond motifs is 1. The Kier molecular flexibility index (Phi) is 4.89. The second-order valence-corrected chi connectivity index (χ2v) is 8.66. The highest BCUT2D eigenvalue weighted by molar-refractivity contribution is 6.31. The molecule has 0 radical (unpaired) electrons. The SMILES string of the molecule is Cc1cc2c(cc1Cl)C(=O)CC1(CCN(c3ccc(-c4ccc(F)cc4)nn3)CC1)O2. The van der Waals surface area contributed by atoms with E-state index in [1.807, 2.05) is 25.1 Å². The number of aryl methyl sites for hydroxylation is 1. The lowest BCUT2D eigenvalue weighted by atomic mass is 9.82. The number of carbonyl (C=O) groups is 1. The molecule has 2 aromatic carbocycles. The number of nitrogens with zero attached hydrogens (tertiary/aromatic N) is 3. The lowest BCUT2D eigenvalue weighted by molar-refractivity contribution is 0.0230. The maximum absolute atomic E-state index is 13.1. The van der Waals surface area contributed by atoms with Gasteiger partial charge in [0.2, 0.25) is 0 Å². The minimum Gasteiger partial charge on any atom is -0.486 e. The first-order valence-corrected chi connectivity index (χ1v) is 10.7. The van der Waals surface area contributed by atoms with E-state index in [0.717, 1.165) is 42.9 Å². The monoisotopic (exact) mass is 437 g/mol. The van der Waals surface area contributed by atoms with Crippen LogP contribution in [-0.2, 0) is 0 Å². The van der Waals surface area contributed by atoms with Crippen molar-refractivity contribution in [1.82, 2.24) is 10.2 Å². The molecule has 0 unspecified atom stereocenters. The third-order valence-corrected chi connectivity index (χ3v) is 6.57. The molecule has 0 bridgehead atoms. The topological polar surface area (TPSA) is 55.3 Å². The summed E-state index contributed by atoms with van der Waals surface area (Å²) in [5, 5.41) is 9.26. The third-order valence-electron chi connectivity index (χ3n) is 6.16. The fraction of sp³-hybridized carbons (Fsp3) is 0.292. The zero-order valence-corrected chi connectivity index (χ0v) is 17.8. The van der Waals surface area contributed by atoms with Gasteiger partial charge in [-0.2, -0.15) is 0 Å². The number of ether oxygens (including phenoxy) is 1. The van der Waals surface area contributed by atoms with Crippen molar-refractivity contribution < 1.29 is 13.9 Å². The van der Waals surface area contributed by atoms with Gasteiger partial charge in [-0.25, -0.2) is 4.39 Å². The Morgan fingerprint density at radius 1 is 1.06 bits per heavy atom. The number of benzene rings is 2. The lowest BCUT2D eigenvalue weighted by Crippen LogP contribution is -2.51. The summed E-state index contributed by atoms with van der Waals surface area (Å²) in [5.41, 5.74) is 2.51. The van der Waals surface area contributed by atoms with Crippen LogP contribution in [0, 0.1) is 12.7 Å². The van der Waals surface area contributed by atoms with Gasteiger partial charge in [-0.3, -0.25) is 4.79 Å². The molecule has 0 N–H and O–H groups in total. The Balaban J connectivity index is 1.29. The van der Waals surface area contributed by atoms with E-state index in [9.17, 15) is 9.18 Å². The largest absolute Gasteiger partial charge is 0.486 e. The Bertz CT molecular complexity index is 1140. The summed E-state index contributed by atoms with van der Waals surface area (Å²) in [6, 6.07) is 13.6. The number of piperidine rings is 1. The standard InChI is InChI=1S/C24H21ClFN3O2/c1-15-12-22-18(13-19(15)25)21(30)14-24(31-22)8-10-29(11-9-24)23-7-6-20(27-28-23)16-2-4-17(26)5-3-16/h2-7,12-13H,8-11,14H2,1H3. The summed E-state index contributed by atoms with van der Waals surface area (Å²) >= 11 is 6.19. The summed E-state index contributed by atoms with van der Waals surface area (Å²) in [6.07, 6.45) is 1.81. The first-order chi connectivity index (χ1) is 14.9. The average Bonchev–Trinajstić information content (AvgIpc) is 2.77. The van der Waals surface area contributed by atoms with E-state index in [2.05, 4.69) is 15.1 Å². The molecule has 0 atom stereocenters. The third kappa shape index (κ3) is 3.76. The van der Waals surface area contributed by atoms with Crippen molar-refractivity contribution in [3.05, 3.63) is 70.5 Å². The van der Waals surface area contributed by atoms with Gasteiger partial charge in [-0.15, -0.1) is 10.2 Å². The predicted molar refractivity (Wildman–Crippen MR) is 117 cm³/mol. The number of anilines is 1. The molecule has 1 fully saturated rings. The van der Waals surface area contributed by atoms with E-state index >= 15 is 0 Å². The molecule has 2 aliphatic heterocycles. The number of hydrogen-bond donors (Lipinski definition) is 0. The van der Waals surface area contributed by atoms with Gasteiger partial charge >= 0.3 is 0 Å². The van der Waals surface area contributed by atoms with Crippen LogP contribution >= 0.6 is 11.6 Å². The normalized spacial score (nSPS) is 17.4. The minimum absolute atomic E-state index is 0.0834. The Morgan fingerprint density at radius 2 is 1.81 bits per heavy atom. The number of rotatable bonds is 2. The maximum Gasteiger partial charge on any atom is 0.170 e. The van der Waals surface area contributed by atoms with Gasteiger partial charge in [0.25, 0.3) is 0 Å². The highest BCUT2D eigenvalue weighted by atomic mass is 35.5. The molecule has 5 rings (SSSR count). The van der Waals surface area contributed by atoms with Crippen molar-refractivity contribution in [2.75, 3.05) is 18.0 Å². The number of ketones is 1. The van der Waals surface area contributed by atoms with Gasteiger partial charge in [0.1, 0.15) is 17.2 Å². The lowest BCUT2D eigenvalue weighted by Gasteiger charge is -2.44. The van der Waals surface area contributed by atoms with Crippen LogP contribution < -0.4 is 9.64 Å². The minimum atomic E-state index is -0.484. The number of carbonyl (C=O) groups excluding carboxylic acids is 1. The van der Waals surface area contributed by atoms with Crippen molar-refractivity contribution in [1.29, 1.82) is 0 Å². The van der Waals surface area contributed by atoms with E-state index in [1.165, 1.54) is 12.1 Å². The van der Waals surface area contributed by atoms with Crippen LogP contribution in [0.2, 0.25) is 5.02 Å². The quantitative estimate of drug-likeness (QED) is 0.548. The number of hydrogen-bond acceptors (Lipinski definition) is 5. The van der Waals surface area contributed by atoms with Gasteiger partial charge in [-0.1, -0.05) is 11.6 Å². The summed E-state index contributed by atoms with van der Waals surface area (Å²) in [6.45, 7) is 3.36. The number of halogens is 2. The predicted octanol–water partition coefficient (Wildman–Crippen LogP) is 5.25. The molecule has 5 nitrogen and oxygen atoms in total. The van der Waals surface area contributed by atoms with Gasteiger partial charge in [-0.05, 0) is 61.0 Å². The second kappa shape index (κ2) is 7.61. The highest BCUT2D eigenvalue weighted by Crippen LogP contribution is 2.41. The van der Waals surface area contributed by atoms with Crippen LogP contribution in [-0.4, -0.2) is 34.7 Å². The molecular formula is C24H21ClFN3O2. The molecule has 1 saturated heterocycles. The van der Waals surface area contributed by atoms with Crippen LogP contribution in [0.4, 0.5) is 10.2 Å². The second-order valence-electron chi connectivity index (χ2n) is 8.25. The number of Topliss-reactive ketones (excluding diaryl/α,β-unsaturated/α-hetero) is 1. The molecule has 31 heavy (non-hydrogen) atoms. The first-order valence-electron chi connectivity index (χ1n) is 10.3. The molecule has 0 saturated carbocycles. The van der Waals surface area contributed by atoms with Crippen LogP contribution in [0.25, 0.3) is 11.3 Å². The van der Waals surface area contributed by atoms with Gasteiger partial charge in [0, 0.05) is 36.5 Å². The summed E-state index contributed by atoms with van der Waals surface area (Å²) < 4.78 is 19.5. The van der Waals surface area contributed by atoms with E-state index in [-0.39, 0.29) is 11.6 Å². The van der Waals surface area contributed by atoms with Crippen LogP contribution in [0.3, 0.4) is 0 Å². The summed E-state index contributed by atoms with van der Waals surface area (Å²) in [4.78, 5) is 14.9. The molecule has 7 heteroatoms. The zero-order valence-electron chi connectivity index (χ0n) is 17.1. The summed E-state index contributed by atoms with van der Waals surface area (Å²) in [5.74, 6) is 1.22. The van der Waals surface area contributed by atoms with Crippen molar-refractivity contribution >= 4 is 23.2 Å². The molecule has 3 heterocycles. The Morgan fingerprint density at radius 3 is 2.48 bits per heavy atom. The van der Waals surface area contributed by atoms with Gasteiger partial charge in [0.05, 0.1) is 17.7 Å². The maximum atomic E-state index is 13.1. The van der Waals surface area contributed by atoms with Crippen molar-refractivity contribution in [2.45, 2.75) is 31.8 Å². The van der Waals surface area contributed by atoms with E-state index in [4.69, 9.17) is 16.3 Å². The zero-order chi connectivity index (χ0) is 21.6. The van der Waals surface area contributed by atoms with E-state index in [0.29, 0.717) is 28.5 Å². The average molecular weight is 438 g/mol. The summed E-state index contributed by atoms with van der Waals surface area (Å²) in [7, 11) is 0.